The van der Waals surface area contributed by atoms with Crippen molar-refractivity contribution in [1.82, 2.24) is 0 Å². The summed E-state index contributed by atoms with van der Waals surface area (Å²) < 4.78 is 22.2. The minimum Gasteiger partial charge on any atom is -0.691 e. The number of hydrogen-bond acceptors (Lipinski definition) is 4. The van der Waals surface area contributed by atoms with Gasteiger partial charge in [-0.1, -0.05) is 17.7 Å². The first-order valence-corrected chi connectivity index (χ1v) is 7.54. The van der Waals surface area contributed by atoms with Gasteiger partial charge in [-0.05, 0) is 43.3 Å². The Labute approximate surface area is 122 Å². The van der Waals surface area contributed by atoms with Crippen molar-refractivity contribution in [2.75, 3.05) is 5.43 Å². The lowest BCUT2D eigenvalue weighted by Crippen LogP contribution is -2.11. The summed E-state index contributed by atoms with van der Waals surface area (Å²) >= 11 is 0. The number of nitrogens with two attached hydrogens (primary N) is 1. The number of hydrogen-bond donors (Lipinski definition) is 2. The third-order valence-electron chi connectivity index (χ3n) is 2.71. The van der Waals surface area contributed by atoms with Crippen molar-refractivity contribution in [3.63, 3.8) is 0 Å². The van der Waals surface area contributed by atoms with E-state index >= 15 is 0 Å². The summed E-state index contributed by atoms with van der Waals surface area (Å²) in [6, 6.07) is 12.5. The SMILES string of the molecule is Cc1ccc([N+]([O-])=NNc2ccc(S(N)(=O)=O)cc2)cc1. The van der Waals surface area contributed by atoms with Crippen LogP contribution in [0.5, 0.6) is 0 Å². The van der Waals surface area contributed by atoms with Gasteiger partial charge in [0.2, 0.25) is 10.0 Å². The molecule has 0 heterocycles. The van der Waals surface area contributed by atoms with E-state index in [1.807, 2.05) is 6.92 Å². The van der Waals surface area contributed by atoms with Crippen LogP contribution < -0.4 is 10.6 Å². The first kappa shape index (κ1) is 14.9. The van der Waals surface area contributed by atoms with Gasteiger partial charge in [0.05, 0.1) is 10.1 Å². The smallest absolute Gasteiger partial charge is 0.238 e. The van der Waals surface area contributed by atoms with Crippen molar-refractivity contribution < 1.29 is 13.3 Å². The Bertz CT molecular complexity index is 753. The van der Waals surface area contributed by atoms with E-state index in [2.05, 4.69) is 10.6 Å². The molecule has 0 saturated heterocycles. The van der Waals surface area contributed by atoms with Crippen LogP contribution >= 0.6 is 0 Å². The first-order chi connectivity index (χ1) is 9.86. The Morgan fingerprint density at radius 3 is 2.19 bits per heavy atom. The fourth-order valence-corrected chi connectivity index (χ4v) is 2.07. The molecule has 2 rings (SSSR count). The van der Waals surface area contributed by atoms with Gasteiger partial charge in [0.15, 0.2) is 5.69 Å². The van der Waals surface area contributed by atoms with Gasteiger partial charge in [-0.2, -0.15) is 0 Å². The van der Waals surface area contributed by atoms with E-state index in [0.717, 1.165) is 5.56 Å². The Morgan fingerprint density at radius 2 is 1.67 bits per heavy atom. The molecule has 21 heavy (non-hydrogen) atoms. The maximum absolute atomic E-state index is 11.7. The van der Waals surface area contributed by atoms with Crippen LogP contribution in [0.25, 0.3) is 0 Å². The average molecular weight is 306 g/mol. The zero-order valence-corrected chi connectivity index (χ0v) is 12.0. The first-order valence-electron chi connectivity index (χ1n) is 6.00. The lowest BCUT2D eigenvalue weighted by molar-refractivity contribution is -0.439. The van der Waals surface area contributed by atoms with Gasteiger partial charge >= 0.3 is 0 Å². The van der Waals surface area contributed by atoms with Crippen molar-refractivity contribution in [2.24, 2.45) is 10.4 Å². The van der Waals surface area contributed by atoms with Crippen LogP contribution in [0.1, 0.15) is 5.56 Å². The Hall–Kier alpha value is -2.45. The molecular weight excluding hydrogens is 292 g/mol. The molecule has 0 atom stereocenters. The molecular formula is C13H14N4O3S. The quantitative estimate of drug-likeness (QED) is 0.512. The zero-order valence-electron chi connectivity index (χ0n) is 11.2. The number of rotatable bonds is 4. The molecule has 3 N–H and O–H groups in total. The highest BCUT2D eigenvalue weighted by atomic mass is 32.2. The van der Waals surface area contributed by atoms with Gasteiger partial charge in [0.25, 0.3) is 0 Å². The van der Waals surface area contributed by atoms with E-state index in [0.29, 0.717) is 16.2 Å². The van der Waals surface area contributed by atoms with Crippen LogP contribution in [0, 0.1) is 12.1 Å². The van der Waals surface area contributed by atoms with Gasteiger partial charge in [-0.15, -0.1) is 10.3 Å². The summed E-state index contributed by atoms with van der Waals surface area (Å²) in [5, 5.41) is 20.3. The van der Waals surface area contributed by atoms with Crippen LogP contribution in [-0.4, -0.2) is 13.3 Å². The van der Waals surface area contributed by atoms with Crippen molar-refractivity contribution in [3.05, 3.63) is 59.3 Å². The predicted octanol–water partition coefficient (Wildman–Crippen LogP) is 2.26. The summed E-state index contributed by atoms with van der Waals surface area (Å²) in [6.07, 6.45) is 0. The zero-order chi connectivity index (χ0) is 15.5. The number of primary sulfonamides is 1. The summed E-state index contributed by atoms with van der Waals surface area (Å²) in [7, 11) is -3.73. The van der Waals surface area contributed by atoms with Gasteiger partial charge in [-0.3, -0.25) is 0 Å². The molecule has 0 unspecified atom stereocenters. The molecule has 0 bridgehead atoms. The summed E-state index contributed by atoms with van der Waals surface area (Å²) in [5.74, 6) is 0. The summed E-state index contributed by atoms with van der Waals surface area (Å²) in [5.41, 5.74) is 4.43. The number of aryl methyl sites for hydroxylation is 1. The number of nitrogens with one attached hydrogen (secondary N) is 1. The normalized spacial score (nSPS) is 12.2. The molecule has 110 valence electrons. The number of sulfonamides is 1. The van der Waals surface area contributed by atoms with E-state index in [-0.39, 0.29) is 4.90 Å². The van der Waals surface area contributed by atoms with E-state index in [1.165, 1.54) is 24.3 Å². The molecule has 0 fully saturated rings. The Morgan fingerprint density at radius 1 is 1.10 bits per heavy atom. The second-order valence-corrected chi connectivity index (χ2v) is 5.95. The van der Waals surface area contributed by atoms with Crippen molar-refractivity contribution in [1.29, 1.82) is 0 Å². The van der Waals surface area contributed by atoms with Gasteiger partial charge in [0, 0.05) is 0 Å². The number of anilines is 1. The van der Waals surface area contributed by atoms with E-state index in [4.69, 9.17) is 5.14 Å². The number of benzene rings is 2. The van der Waals surface area contributed by atoms with Crippen molar-refractivity contribution in [3.8, 4) is 0 Å². The van der Waals surface area contributed by atoms with Gasteiger partial charge in [0.1, 0.15) is 5.69 Å². The maximum Gasteiger partial charge on any atom is 0.238 e. The van der Waals surface area contributed by atoms with Gasteiger partial charge < -0.3 is 5.21 Å². The summed E-state index contributed by atoms with van der Waals surface area (Å²) in [4.78, 5) is 0.429. The Kier molecular flexibility index (Phi) is 4.20. The molecule has 0 saturated carbocycles. The Balaban J connectivity index is 2.11. The van der Waals surface area contributed by atoms with E-state index in [9.17, 15) is 13.6 Å². The fourth-order valence-electron chi connectivity index (χ4n) is 1.55. The second kappa shape index (κ2) is 5.90. The monoisotopic (exact) mass is 306 g/mol. The van der Waals surface area contributed by atoms with Crippen molar-refractivity contribution >= 4 is 21.4 Å². The van der Waals surface area contributed by atoms with Crippen LogP contribution in [0.4, 0.5) is 11.4 Å². The minimum atomic E-state index is -3.73. The second-order valence-electron chi connectivity index (χ2n) is 4.39. The molecule has 0 aromatic heterocycles. The molecule has 0 amide bonds. The van der Waals surface area contributed by atoms with Crippen LogP contribution in [0.2, 0.25) is 0 Å². The molecule has 7 nitrogen and oxygen atoms in total. The minimum absolute atomic E-state index is 0.00874. The van der Waals surface area contributed by atoms with Crippen molar-refractivity contribution in [2.45, 2.75) is 11.8 Å². The van der Waals surface area contributed by atoms with Crippen LogP contribution in [0.3, 0.4) is 0 Å². The highest BCUT2D eigenvalue weighted by Crippen LogP contribution is 2.15. The average Bonchev–Trinajstić information content (AvgIpc) is 2.45. The topological polar surface area (TPSA) is 111 Å². The standard InChI is InChI=1S/C13H14N4O3S/c1-10-2-6-12(7-3-10)17(18)16-15-11-4-8-13(9-5-11)21(14,19)20/h2-9,15H,1H3,(H2,14,19,20). The summed E-state index contributed by atoms with van der Waals surface area (Å²) in [6.45, 7) is 1.92. The van der Waals surface area contributed by atoms with E-state index < -0.39 is 10.0 Å². The van der Waals surface area contributed by atoms with Gasteiger partial charge in [-0.25, -0.2) is 13.6 Å². The molecule has 0 spiro atoms. The lowest BCUT2D eigenvalue weighted by atomic mass is 10.2. The molecule has 0 radical (unpaired) electrons. The molecule has 0 aliphatic heterocycles. The molecule has 2 aromatic carbocycles. The third-order valence-corrected chi connectivity index (χ3v) is 3.64. The van der Waals surface area contributed by atoms with Crippen LogP contribution in [-0.2, 0) is 10.0 Å². The molecule has 8 heteroatoms. The molecule has 0 aliphatic rings. The number of nitrogens with zero attached hydrogens (tertiary/aromatic N) is 2. The largest absolute Gasteiger partial charge is 0.691 e. The predicted molar refractivity (Wildman–Crippen MR) is 78.3 cm³/mol. The lowest BCUT2D eigenvalue weighted by Gasteiger charge is -2.05. The fraction of sp³-hybridized carbons (Fsp3) is 0.0769. The third kappa shape index (κ3) is 4.01. The maximum atomic E-state index is 11.7. The molecule has 2 aromatic rings. The molecule has 0 aliphatic carbocycles. The van der Waals surface area contributed by atoms with E-state index in [1.54, 1.807) is 24.3 Å². The highest BCUT2D eigenvalue weighted by Gasteiger charge is 2.07. The highest BCUT2D eigenvalue weighted by molar-refractivity contribution is 7.89. The van der Waals surface area contributed by atoms with Crippen LogP contribution in [0.15, 0.2) is 58.6 Å².